The summed E-state index contributed by atoms with van der Waals surface area (Å²) in [6.45, 7) is 3.97. The monoisotopic (exact) mass is 245 g/mol. The molecule has 18 heavy (non-hydrogen) atoms. The molecule has 5 nitrogen and oxygen atoms in total. The van der Waals surface area contributed by atoms with Crippen LogP contribution < -0.4 is 0 Å². The van der Waals surface area contributed by atoms with Crippen LogP contribution >= 0.6 is 0 Å². The second kappa shape index (κ2) is 5.00. The molecule has 0 atom stereocenters. The Morgan fingerprint density at radius 3 is 2.72 bits per heavy atom. The number of nitrogens with zero attached hydrogens (tertiary/aromatic N) is 3. The molecule has 94 valence electrons. The van der Waals surface area contributed by atoms with E-state index in [0.717, 1.165) is 12.1 Å². The Morgan fingerprint density at radius 1 is 1.33 bits per heavy atom. The molecule has 0 unspecified atom stereocenters. The highest BCUT2D eigenvalue weighted by molar-refractivity contribution is 5.86. The summed E-state index contributed by atoms with van der Waals surface area (Å²) in [4.78, 5) is 11.0. The molecule has 0 bridgehead atoms. The van der Waals surface area contributed by atoms with Crippen LogP contribution in [0, 0.1) is 0 Å². The molecule has 0 aliphatic carbocycles. The molecule has 0 spiro atoms. The first kappa shape index (κ1) is 12.3. The van der Waals surface area contributed by atoms with Crippen molar-refractivity contribution < 1.29 is 9.90 Å². The molecule has 0 saturated carbocycles. The Hall–Kier alpha value is -2.17. The molecule has 0 amide bonds. The number of rotatable bonds is 4. The van der Waals surface area contributed by atoms with E-state index in [1.807, 2.05) is 31.2 Å². The van der Waals surface area contributed by atoms with Crippen molar-refractivity contribution >= 4 is 5.97 Å². The molecule has 0 radical (unpaired) electrons. The number of aryl methyl sites for hydroxylation is 1. The van der Waals surface area contributed by atoms with E-state index in [9.17, 15) is 4.79 Å². The molecule has 0 aliphatic heterocycles. The maximum atomic E-state index is 11.0. The summed E-state index contributed by atoms with van der Waals surface area (Å²) in [5.41, 5.74) is 2.68. The predicted molar refractivity (Wildman–Crippen MR) is 67.1 cm³/mol. The van der Waals surface area contributed by atoms with Gasteiger partial charge in [-0.05, 0) is 30.5 Å². The minimum Gasteiger partial charge on any atom is -0.476 e. The molecule has 5 heteroatoms. The fourth-order valence-corrected chi connectivity index (χ4v) is 1.90. The van der Waals surface area contributed by atoms with Crippen LogP contribution in [0.2, 0.25) is 0 Å². The van der Waals surface area contributed by atoms with Crippen LogP contribution in [-0.2, 0) is 12.8 Å². The fourth-order valence-electron chi connectivity index (χ4n) is 1.90. The van der Waals surface area contributed by atoms with E-state index in [1.54, 1.807) is 4.68 Å². The van der Waals surface area contributed by atoms with E-state index in [2.05, 4.69) is 17.2 Å². The lowest BCUT2D eigenvalue weighted by atomic mass is 10.1. The van der Waals surface area contributed by atoms with Crippen molar-refractivity contribution in [3.63, 3.8) is 0 Å². The summed E-state index contributed by atoms with van der Waals surface area (Å²) >= 11 is 0. The van der Waals surface area contributed by atoms with Gasteiger partial charge in [0.05, 0.1) is 11.4 Å². The first-order valence-electron chi connectivity index (χ1n) is 5.94. The van der Waals surface area contributed by atoms with Gasteiger partial charge in [0.1, 0.15) is 0 Å². The lowest BCUT2D eigenvalue weighted by molar-refractivity contribution is 0.0689. The Balaban J connectivity index is 2.53. The summed E-state index contributed by atoms with van der Waals surface area (Å²) in [6, 6.07) is 7.87. The second-order valence-electron chi connectivity index (χ2n) is 3.98. The standard InChI is InChI=1S/C13H15N3O2/c1-3-9-6-5-7-10(8-9)16-11(4-2)12(13(17)18)14-15-16/h5-8H,3-4H2,1-2H3,(H,17,18). The SMILES string of the molecule is CCc1cccc(-n2nnc(C(=O)O)c2CC)c1. The number of aromatic nitrogens is 3. The van der Waals surface area contributed by atoms with Gasteiger partial charge < -0.3 is 5.11 Å². The van der Waals surface area contributed by atoms with E-state index >= 15 is 0 Å². The second-order valence-corrected chi connectivity index (χ2v) is 3.98. The van der Waals surface area contributed by atoms with Gasteiger partial charge in [-0.1, -0.05) is 31.2 Å². The summed E-state index contributed by atoms with van der Waals surface area (Å²) in [5.74, 6) is -1.04. The molecule has 1 aromatic carbocycles. The third-order valence-corrected chi connectivity index (χ3v) is 2.86. The van der Waals surface area contributed by atoms with Gasteiger partial charge in [-0.3, -0.25) is 0 Å². The van der Waals surface area contributed by atoms with Crippen LogP contribution in [0.3, 0.4) is 0 Å². The minimum atomic E-state index is -1.04. The normalized spacial score (nSPS) is 10.6. The Bertz CT molecular complexity index is 575. The third kappa shape index (κ3) is 2.11. The Labute approximate surface area is 105 Å². The van der Waals surface area contributed by atoms with E-state index < -0.39 is 5.97 Å². The van der Waals surface area contributed by atoms with Gasteiger partial charge >= 0.3 is 5.97 Å². The van der Waals surface area contributed by atoms with Crippen molar-refractivity contribution in [1.29, 1.82) is 0 Å². The van der Waals surface area contributed by atoms with Gasteiger partial charge in [0.2, 0.25) is 0 Å². The molecule has 2 rings (SSSR count). The molecular formula is C13H15N3O2. The number of aromatic carboxylic acids is 1. The first-order valence-corrected chi connectivity index (χ1v) is 5.94. The summed E-state index contributed by atoms with van der Waals surface area (Å²) < 4.78 is 1.60. The smallest absolute Gasteiger partial charge is 0.358 e. The maximum absolute atomic E-state index is 11.0. The lowest BCUT2D eigenvalue weighted by Crippen LogP contribution is -2.06. The van der Waals surface area contributed by atoms with Gasteiger partial charge in [0.15, 0.2) is 5.69 Å². The lowest BCUT2D eigenvalue weighted by Gasteiger charge is -2.06. The summed E-state index contributed by atoms with van der Waals surface area (Å²) in [7, 11) is 0. The zero-order valence-electron chi connectivity index (χ0n) is 10.4. The van der Waals surface area contributed by atoms with Gasteiger partial charge in [0, 0.05) is 0 Å². The van der Waals surface area contributed by atoms with E-state index in [4.69, 9.17) is 5.11 Å². The van der Waals surface area contributed by atoms with Crippen molar-refractivity contribution in [2.75, 3.05) is 0 Å². The molecule has 2 aromatic rings. The highest BCUT2D eigenvalue weighted by atomic mass is 16.4. The van der Waals surface area contributed by atoms with Gasteiger partial charge in [0.25, 0.3) is 0 Å². The van der Waals surface area contributed by atoms with Crippen molar-refractivity contribution in [2.45, 2.75) is 26.7 Å². The van der Waals surface area contributed by atoms with Crippen LogP contribution in [-0.4, -0.2) is 26.1 Å². The average Bonchev–Trinajstić information content (AvgIpc) is 2.82. The van der Waals surface area contributed by atoms with Crippen LogP contribution in [0.15, 0.2) is 24.3 Å². The Morgan fingerprint density at radius 2 is 2.11 bits per heavy atom. The zero-order valence-corrected chi connectivity index (χ0v) is 10.4. The van der Waals surface area contributed by atoms with Crippen LogP contribution in [0.25, 0.3) is 5.69 Å². The van der Waals surface area contributed by atoms with Gasteiger partial charge in [-0.15, -0.1) is 5.10 Å². The quantitative estimate of drug-likeness (QED) is 0.895. The molecule has 1 aromatic heterocycles. The highest BCUT2D eigenvalue weighted by Gasteiger charge is 2.18. The molecule has 0 fully saturated rings. The molecule has 1 N–H and O–H groups in total. The molecule has 0 aliphatic rings. The number of hydrogen-bond acceptors (Lipinski definition) is 3. The summed E-state index contributed by atoms with van der Waals surface area (Å²) in [5, 5.41) is 16.7. The topological polar surface area (TPSA) is 68.0 Å². The fraction of sp³-hybridized carbons (Fsp3) is 0.308. The van der Waals surface area contributed by atoms with Gasteiger partial charge in [-0.25, -0.2) is 9.48 Å². The third-order valence-electron chi connectivity index (χ3n) is 2.86. The van der Waals surface area contributed by atoms with E-state index in [1.165, 1.54) is 5.56 Å². The number of carboxylic acids is 1. The maximum Gasteiger partial charge on any atom is 0.358 e. The van der Waals surface area contributed by atoms with Crippen molar-refractivity contribution in [1.82, 2.24) is 15.0 Å². The number of hydrogen-bond donors (Lipinski definition) is 1. The Kier molecular flexibility index (Phi) is 3.41. The number of carbonyl (C=O) groups is 1. The van der Waals surface area contributed by atoms with Crippen molar-refractivity contribution in [3.8, 4) is 5.69 Å². The van der Waals surface area contributed by atoms with Crippen molar-refractivity contribution in [3.05, 3.63) is 41.2 Å². The first-order chi connectivity index (χ1) is 8.67. The van der Waals surface area contributed by atoms with E-state index in [0.29, 0.717) is 12.1 Å². The zero-order chi connectivity index (χ0) is 13.1. The van der Waals surface area contributed by atoms with Crippen LogP contribution in [0.1, 0.15) is 35.6 Å². The number of carboxylic acid groups (broad SMARTS) is 1. The van der Waals surface area contributed by atoms with Crippen molar-refractivity contribution in [2.24, 2.45) is 0 Å². The highest BCUT2D eigenvalue weighted by Crippen LogP contribution is 2.15. The summed E-state index contributed by atoms with van der Waals surface area (Å²) in [6.07, 6.45) is 1.50. The molecular weight excluding hydrogens is 230 g/mol. The van der Waals surface area contributed by atoms with E-state index in [-0.39, 0.29) is 5.69 Å². The van der Waals surface area contributed by atoms with Gasteiger partial charge in [-0.2, -0.15) is 0 Å². The molecule has 0 saturated heterocycles. The largest absolute Gasteiger partial charge is 0.476 e. The molecule has 1 heterocycles. The average molecular weight is 245 g/mol. The van der Waals surface area contributed by atoms with Crippen LogP contribution in [0.5, 0.6) is 0 Å². The van der Waals surface area contributed by atoms with Crippen LogP contribution in [0.4, 0.5) is 0 Å². The minimum absolute atomic E-state index is 0.0272. The predicted octanol–water partition coefficient (Wildman–Crippen LogP) is 2.09. The number of benzene rings is 1.